The van der Waals surface area contributed by atoms with Gasteiger partial charge in [0, 0.05) is 0 Å². The predicted octanol–water partition coefficient (Wildman–Crippen LogP) is -0.891. The topological polar surface area (TPSA) is 243 Å². The molecular weight excluding hydrogens is 407 g/mol. The summed E-state index contributed by atoms with van der Waals surface area (Å²) < 4.78 is 31.0. The summed E-state index contributed by atoms with van der Waals surface area (Å²) >= 11 is 0. The first-order valence-corrected chi connectivity index (χ1v) is 13.4. The Morgan fingerprint density at radius 3 is 0.818 bits per heavy atom. The van der Waals surface area contributed by atoms with Crippen molar-refractivity contribution in [2.45, 2.75) is 0 Å². The van der Waals surface area contributed by atoms with Crippen molar-refractivity contribution in [3.8, 4) is 39.3 Å². The summed E-state index contributed by atoms with van der Waals surface area (Å²) in [7, 11) is -13.4. The van der Waals surface area contributed by atoms with Crippen molar-refractivity contribution in [2.24, 2.45) is 0 Å². The quantitative estimate of drug-likeness (QED) is 0.399. The van der Waals surface area contributed by atoms with Gasteiger partial charge in [-0.2, -0.15) is 0 Å². The van der Waals surface area contributed by atoms with Crippen LogP contribution in [-0.2, 0) is 22.8 Å². The normalized spacial score (nSPS) is 20.9. The molecule has 0 aromatic heterocycles. The van der Waals surface area contributed by atoms with Gasteiger partial charge in [0.05, 0.1) is 0 Å². The van der Waals surface area contributed by atoms with E-state index in [1.807, 2.05) is 0 Å². The van der Waals surface area contributed by atoms with Crippen LogP contribution in [0.25, 0.3) is 0 Å². The van der Waals surface area contributed by atoms with Crippen LogP contribution in [0, 0.1) is 81.4 Å². The van der Waals surface area contributed by atoms with Crippen molar-refractivity contribution in [3.05, 3.63) is 0 Å². The van der Waals surface area contributed by atoms with E-state index in [9.17, 15) is 6.80 Å². The van der Waals surface area contributed by atoms with Gasteiger partial charge in [-0.1, -0.05) is 0 Å². The van der Waals surface area contributed by atoms with E-state index >= 15 is 0 Å². The molecule has 0 fully saturated rings. The molecule has 104 valence electrons. The van der Waals surface area contributed by atoms with Crippen LogP contribution in [0.3, 0.4) is 0 Å². The molecule has 0 aliphatic heterocycles. The first kappa shape index (κ1) is 21.7. The third-order valence-corrected chi connectivity index (χ3v) is 18.0. The minimum atomic E-state index is -13.4. The molecule has 0 rings (SSSR count). The molecule has 0 bridgehead atoms. The van der Waals surface area contributed by atoms with Crippen molar-refractivity contribution >= 4 is 51.4 Å². The molecule has 0 heterocycles. The Hall–Kier alpha value is -2.56. The van der Waals surface area contributed by atoms with Gasteiger partial charge in [-0.25, -0.2) is 0 Å². The van der Waals surface area contributed by atoms with Gasteiger partial charge < -0.3 is 0 Å². The summed E-state index contributed by atoms with van der Waals surface area (Å²) in [6.45, 7) is 0. The zero-order valence-corrected chi connectivity index (χ0v) is 11.6. The molecule has 0 aliphatic carbocycles. The molecule has 0 aromatic carbocycles. The van der Waals surface area contributed by atoms with Gasteiger partial charge in [0.25, 0.3) is 0 Å². The second-order valence-electron chi connectivity index (χ2n) is 4.84. The Kier molecular flexibility index (Phi) is 2.02. The average molecular weight is 408 g/mol. The van der Waals surface area contributed by atoms with Crippen molar-refractivity contribution in [2.75, 3.05) is 0 Å². The number of hydrogen-bond donors (Lipinski definition) is 0. The zero-order valence-electron chi connectivity index (χ0n) is 9.62. The zero-order chi connectivity index (χ0) is 17.4. The second-order valence-corrected chi connectivity index (χ2v) is 27.7. The fourth-order valence-electron chi connectivity index (χ4n) is 0.862. The third-order valence-electron chi connectivity index (χ3n) is 3.04. The van der Waals surface area contributed by atoms with Crippen LogP contribution >= 0.6 is 0 Å². The van der Waals surface area contributed by atoms with Crippen molar-refractivity contribution in [3.63, 3.8) is 0 Å². The summed E-state index contributed by atoms with van der Waals surface area (Å²) in [5.41, 5.74) is 0. The molecule has 0 aromatic rings. The van der Waals surface area contributed by atoms with E-state index in [1.165, 1.54) is 0 Å². The van der Waals surface area contributed by atoms with E-state index in [1.54, 1.807) is 0 Å². The Bertz CT molecular complexity index is 1200. The summed E-state index contributed by atoms with van der Waals surface area (Å²) in [5, 5.41) is 71.4. The Morgan fingerprint density at radius 2 is 0.727 bits per heavy atom. The summed E-state index contributed by atoms with van der Waals surface area (Å²) in [4.78, 5) is 0. The van der Waals surface area contributed by atoms with E-state index in [4.69, 9.17) is 42.1 Å². The second kappa shape index (κ2) is 2.04. The first-order chi connectivity index (χ1) is 9.08. The van der Waals surface area contributed by atoms with Gasteiger partial charge in [-0.3, -0.25) is 0 Å². The molecule has 0 N–H and O–H groups in total. The van der Waals surface area contributed by atoms with Crippen LogP contribution in [0.1, 0.15) is 0 Å². The fraction of sp³-hybridized carbons (Fsp3) is 0. The van der Waals surface area contributed by atoms with Crippen molar-refractivity contribution in [1.29, 1.82) is 42.1 Å². The third kappa shape index (κ3) is 0.924. The maximum absolute atomic E-state index is 13.5. The number of nitriles is 8. The van der Waals surface area contributed by atoms with E-state index < -0.39 is 36.0 Å². The summed E-state index contributed by atoms with van der Waals surface area (Å²) in [5.74, 6) is 0. The molecule has 0 saturated carbocycles. The molecule has 0 aliphatic rings. The molecular formula is C8HKMoN8O4. The van der Waals surface area contributed by atoms with Gasteiger partial charge in [0.15, 0.2) is 0 Å². The summed E-state index contributed by atoms with van der Waals surface area (Å²) in [6.07, 6.45) is 0.138. The molecule has 12 nitrogen and oxygen atoms in total. The van der Waals surface area contributed by atoms with Gasteiger partial charge in [-0.05, 0) is 0 Å². The molecule has 14 heteroatoms. The first-order valence-electron chi connectivity index (χ1n) is 4.09. The SMILES string of the molecule is N#C[O][Mo](=[O])(=[O])([C]#N)([C]#N)([C]#N)([C]#N)([C]#N)([C]#N)[O]C#N.[KH]. The van der Waals surface area contributed by atoms with Gasteiger partial charge in [-0.15, -0.1) is 0 Å². The number of hydrogen-bond acceptors (Lipinski definition) is 12. The van der Waals surface area contributed by atoms with E-state index in [-0.39, 0.29) is 63.9 Å². The molecule has 22 heavy (non-hydrogen) atoms. The monoisotopic (exact) mass is 410 g/mol. The Labute approximate surface area is 153 Å². The van der Waals surface area contributed by atoms with E-state index in [0.717, 1.165) is 0 Å². The number of nitrogens with zero attached hydrogens (tertiary/aromatic N) is 8. The predicted molar refractivity (Wildman–Crippen MR) is 55.6 cm³/mol. The van der Waals surface area contributed by atoms with Gasteiger partial charge in [0.1, 0.15) is 0 Å². The van der Waals surface area contributed by atoms with Crippen LogP contribution in [-0.4, -0.2) is 51.4 Å². The fourth-order valence-corrected chi connectivity index (χ4v) is 5.10. The van der Waals surface area contributed by atoms with Gasteiger partial charge >= 0.3 is 156 Å². The standard InChI is InChI=1S/2CHNO.6CN.K.Mo.2O.H/c2*2-1-3;6*1-2;;;;;/h2*3H;;;;;;;;;;;/q;;;;;;;;;+2;;;/p-2. The van der Waals surface area contributed by atoms with Crippen molar-refractivity contribution in [1.82, 2.24) is 0 Å². The van der Waals surface area contributed by atoms with Crippen LogP contribution in [0.5, 0.6) is 0 Å². The minimum absolute atomic E-state index is 0. The molecule has 0 saturated heterocycles. The van der Waals surface area contributed by atoms with Crippen LogP contribution in [0.2, 0.25) is 0 Å². The van der Waals surface area contributed by atoms with Crippen LogP contribution < -0.4 is 0 Å². The number of rotatable bonds is 2. The molecule has 0 unspecified atom stereocenters. The Balaban J connectivity index is 0. The maximum atomic E-state index is 13.5. The molecule has 0 spiro atoms. The van der Waals surface area contributed by atoms with E-state index in [2.05, 4.69) is 6.78 Å². The molecule has 0 atom stereocenters. The van der Waals surface area contributed by atoms with Crippen LogP contribution in [0.15, 0.2) is 0 Å². The Morgan fingerprint density at radius 1 is 0.545 bits per heavy atom. The molecule has 0 amide bonds. The van der Waals surface area contributed by atoms with Crippen molar-refractivity contribution < 1.29 is 22.8 Å². The molecule has 0 radical (unpaired) electrons. The summed E-state index contributed by atoms with van der Waals surface area (Å²) in [6, 6.07) is 0. The van der Waals surface area contributed by atoms with Crippen LogP contribution in [0.4, 0.5) is 0 Å². The average Bonchev–Trinajstić information content (AvgIpc) is 2.53. The van der Waals surface area contributed by atoms with Gasteiger partial charge in [0.2, 0.25) is 0 Å². The van der Waals surface area contributed by atoms with E-state index in [0.29, 0.717) is 0 Å².